The fraction of sp³-hybridized carbons (Fsp3) is 0.758. The molecule has 13 nitrogen and oxygen atoms in total. The van der Waals surface area contributed by atoms with E-state index in [0.29, 0.717) is 12.0 Å². The van der Waals surface area contributed by atoms with Crippen molar-refractivity contribution in [3.63, 3.8) is 0 Å². The van der Waals surface area contributed by atoms with Gasteiger partial charge in [0.2, 0.25) is 0 Å². The van der Waals surface area contributed by atoms with E-state index in [1.165, 1.54) is 20.8 Å². The largest absolute Gasteiger partial charge is 0.462 e. The third kappa shape index (κ3) is 6.02. The Labute approximate surface area is 268 Å². The molecule has 4 rings (SSSR count). The zero-order chi connectivity index (χ0) is 34.4. The van der Waals surface area contributed by atoms with Crippen molar-refractivity contribution in [2.45, 2.75) is 142 Å². The van der Waals surface area contributed by atoms with E-state index in [4.69, 9.17) is 33.2 Å². The molecule has 0 aromatic carbocycles. The van der Waals surface area contributed by atoms with Crippen molar-refractivity contribution in [3.8, 4) is 0 Å². The molecule has 3 fully saturated rings. The second kappa shape index (κ2) is 13.0. The van der Waals surface area contributed by atoms with Gasteiger partial charge in [-0.25, -0.2) is 4.79 Å². The molecule has 0 aromatic heterocycles. The fourth-order valence-corrected chi connectivity index (χ4v) is 7.93. The minimum absolute atomic E-state index is 0.00151. The number of carbonyl (C=O) groups is 6. The minimum Gasteiger partial charge on any atom is -0.462 e. The first-order valence-corrected chi connectivity index (χ1v) is 15.9. The lowest BCUT2D eigenvalue weighted by Crippen LogP contribution is -2.68. The highest BCUT2D eigenvalue weighted by Gasteiger charge is 2.87. The van der Waals surface area contributed by atoms with Crippen molar-refractivity contribution >= 4 is 35.8 Å². The number of hydrogen-bond acceptors (Lipinski definition) is 13. The van der Waals surface area contributed by atoms with E-state index in [9.17, 15) is 28.8 Å². The number of rotatable bonds is 8. The molecule has 2 heterocycles. The fourth-order valence-electron chi connectivity index (χ4n) is 7.93. The maximum atomic E-state index is 13.3. The molecule has 0 N–H and O–H groups in total. The lowest BCUT2D eigenvalue weighted by molar-refractivity contribution is -0.248. The van der Waals surface area contributed by atoms with Crippen LogP contribution in [0.25, 0.3) is 0 Å². The zero-order valence-corrected chi connectivity index (χ0v) is 28.0. The predicted octanol–water partition coefficient (Wildman–Crippen LogP) is 3.28. The monoisotopic (exact) mass is 650 g/mol. The molecule has 13 heteroatoms. The predicted molar refractivity (Wildman–Crippen MR) is 157 cm³/mol. The van der Waals surface area contributed by atoms with Gasteiger partial charge in [-0.05, 0) is 26.3 Å². The SMILES string of the molecule is CCCC(=O)OC1C/C(C)=C\C2OC(=O)[C@]3(C)OC23C(OC(C)=O)C2[C@@H](C)C(OC(=O)CC)CC(OC(C)=O)[C@]2(C)C1OC(C)=O. The summed E-state index contributed by atoms with van der Waals surface area (Å²) in [6.45, 7) is 13.9. The summed E-state index contributed by atoms with van der Waals surface area (Å²) in [5.41, 5.74) is -3.89. The van der Waals surface area contributed by atoms with Crippen LogP contribution in [-0.2, 0) is 61.9 Å². The first-order valence-electron chi connectivity index (χ1n) is 15.9. The summed E-state index contributed by atoms with van der Waals surface area (Å²) >= 11 is 0. The highest BCUT2D eigenvalue weighted by Crippen LogP contribution is 2.66. The van der Waals surface area contributed by atoms with E-state index in [0.717, 1.165) is 0 Å². The number of esters is 6. The number of fused-ring (bicyclic) bond motifs is 1. The van der Waals surface area contributed by atoms with Crippen LogP contribution >= 0.6 is 0 Å². The van der Waals surface area contributed by atoms with E-state index >= 15 is 0 Å². The summed E-state index contributed by atoms with van der Waals surface area (Å²) in [5.74, 6) is -5.39. The van der Waals surface area contributed by atoms with E-state index in [-0.39, 0.29) is 25.7 Å². The van der Waals surface area contributed by atoms with Gasteiger partial charge < -0.3 is 33.2 Å². The molecule has 4 aliphatic rings. The Bertz CT molecular complexity index is 1310. The molecule has 2 saturated heterocycles. The van der Waals surface area contributed by atoms with Crippen molar-refractivity contribution in [2.75, 3.05) is 0 Å². The van der Waals surface area contributed by atoms with E-state index < -0.39 is 101 Å². The Morgan fingerprint density at radius 2 is 1.46 bits per heavy atom. The van der Waals surface area contributed by atoms with Gasteiger partial charge in [-0.15, -0.1) is 0 Å². The standard InChI is InChI=1S/C33H46O13/c1-10-12-26(38)44-22-13-16(3)14-24-33(32(9,46-33)30(39)45-24)29(42-20(7)36)27-17(4)21(43-25(37)11-2)15-23(40-18(5)34)31(27,8)28(22)41-19(6)35/h14,17,21-24,27-29H,10-13,15H2,1-9H3/b16-14-/t17-,21?,22?,23?,24?,27?,28?,29?,31-,32-,33?/m0/s1. The first-order chi connectivity index (χ1) is 21.5. The van der Waals surface area contributed by atoms with Gasteiger partial charge >= 0.3 is 35.8 Å². The van der Waals surface area contributed by atoms with Gasteiger partial charge in [0.25, 0.3) is 0 Å². The normalized spacial score (nSPS) is 40.7. The van der Waals surface area contributed by atoms with Crippen molar-refractivity contribution in [2.24, 2.45) is 17.3 Å². The maximum Gasteiger partial charge on any atom is 0.342 e. The van der Waals surface area contributed by atoms with Crippen molar-refractivity contribution in [1.82, 2.24) is 0 Å². The molecule has 1 saturated carbocycles. The van der Waals surface area contributed by atoms with Gasteiger partial charge in [0.1, 0.15) is 30.5 Å². The molecule has 0 amide bonds. The number of epoxide rings is 1. The smallest absolute Gasteiger partial charge is 0.342 e. The number of hydrogen-bond donors (Lipinski definition) is 0. The summed E-state index contributed by atoms with van der Waals surface area (Å²) in [5, 5.41) is 0. The summed E-state index contributed by atoms with van der Waals surface area (Å²) in [6.07, 6.45) is -4.23. The van der Waals surface area contributed by atoms with Gasteiger partial charge in [0.05, 0.1) is 5.41 Å². The van der Waals surface area contributed by atoms with Crippen LogP contribution in [0.1, 0.15) is 94.4 Å². The summed E-state index contributed by atoms with van der Waals surface area (Å²) < 4.78 is 42.2. The second-order valence-electron chi connectivity index (χ2n) is 13.3. The van der Waals surface area contributed by atoms with E-state index in [1.54, 1.807) is 40.7 Å². The van der Waals surface area contributed by atoms with Gasteiger partial charge in [0.15, 0.2) is 17.3 Å². The van der Waals surface area contributed by atoms with Gasteiger partial charge in [-0.1, -0.05) is 33.3 Å². The van der Waals surface area contributed by atoms with Crippen LogP contribution < -0.4 is 0 Å². The molecule has 256 valence electrons. The molecule has 0 radical (unpaired) electrons. The number of carbonyl (C=O) groups excluding carboxylic acids is 6. The van der Waals surface area contributed by atoms with E-state index in [2.05, 4.69) is 0 Å². The molecule has 1 spiro atoms. The van der Waals surface area contributed by atoms with Gasteiger partial charge in [-0.3, -0.25) is 24.0 Å². The lowest BCUT2D eigenvalue weighted by atomic mass is 9.52. The van der Waals surface area contributed by atoms with Crippen LogP contribution in [0.4, 0.5) is 0 Å². The molecule has 2 aliphatic heterocycles. The highest BCUT2D eigenvalue weighted by atomic mass is 16.7. The Hall–Kier alpha value is -3.48. The van der Waals surface area contributed by atoms with Crippen LogP contribution in [0.2, 0.25) is 0 Å². The molecule has 0 bridgehead atoms. The Morgan fingerprint density at radius 1 is 0.870 bits per heavy atom. The van der Waals surface area contributed by atoms with Crippen LogP contribution in [0, 0.1) is 17.3 Å². The van der Waals surface area contributed by atoms with Crippen LogP contribution in [0.5, 0.6) is 0 Å². The van der Waals surface area contributed by atoms with Crippen molar-refractivity contribution in [1.29, 1.82) is 0 Å². The molecular formula is C33H46O13. The second-order valence-corrected chi connectivity index (χ2v) is 13.3. The molecule has 11 atom stereocenters. The minimum atomic E-state index is -1.53. The van der Waals surface area contributed by atoms with Crippen molar-refractivity contribution < 1.29 is 61.9 Å². The quantitative estimate of drug-likeness (QED) is 0.162. The molecule has 8 unspecified atom stereocenters. The molecule has 2 aliphatic carbocycles. The Balaban J connectivity index is 2.07. The first kappa shape index (κ1) is 35.4. The summed E-state index contributed by atoms with van der Waals surface area (Å²) in [7, 11) is 0. The van der Waals surface area contributed by atoms with Crippen molar-refractivity contribution in [3.05, 3.63) is 11.6 Å². The summed E-state index contributed by atoms with van der Waals surface area (Å²) in [6, 6.07) is 0. The topological polar surface area (TPSA) is 170 Å². The lowest BCUT2D eigenvalue weighted by Gasteiger charge is -2.57. The average molecular weight is 651 g/mol. The van der Waals surface area contributed by atoms with Crippen LogP contribution in [0.15, 0.2) is 11.6 Å². The van der Waals surface area contributed by atoms with Gasteiger partial charge in [0, 0.05) is 58.3 Å². The zero-order valence-electron chi connectivity index (χ0n) is 28.0. The third-order valence-electron chi connectivity index (χ3n) is 10.00. The molecule has 0 aromatic rings. The van der Waals surface area contributed by atoms with Gasteiger partial charge in [-0.2, -0.15) is 0 Å². The van der Waals surface area contributed by atoms with E-state index in [1.807, 2.05) is 6.92 Å². The highest BCUT2D eigenvalue weighted by molar-refractivity contribution is 5.89. The number of ether oxygens (including phenoxy) is 7. The maximum absolute atomic E-state index is 13.3. The summed E-state index contributed by atoms with van der Waals surface area (Å²) in [4.78, 5) is 77.5. The Kier molecular flexibility index (Phi) is 9.97. The van der Waals surface area contributed by atoms with Crippen LogP contribution in [0.3, 0.4) is 0 Å². The third-order valence-corrected chi connectivity index (χ3v) is 10.00. The van der Waals surface area contributed by atoms with Crippen LogP contribution in [-0.4, -0.2) is 83.6 Å². The molecular weight excluding hydrogens is 604 g/mol. The molecule has 46 heavy (non-hydrogen) atoms. The Morgan fingerprint density at radius 3 is 2.00 bits per heavy atom. The average Bonchev–Trinajstić information content (AvgIpc) is 3.53.